The summed E-state index contributed by atoms with van der Waals surface area (Å²) >= 11 is 5.96. The molecule has 5 nitrogen and oxygen atoms in total. The molecular weight excluding hydrogens is 266 g/mol. The average Bonchev–Trinajstić information content (AvgIpc) is 2.43. The number of benzene rings is 1. The zero-order valence-electron chi connectivity index (χ0n) is 10.6. The van der Waals surface area contributed by atoms with E-state index in [9.17, 15) is 0 Å². The number of methoxy groups -OCH3 is 2. The lowest BCUT2D eigenvalue weighted by molar-refractivity contribution is 0.401. The van der Waals surface area contributed by atoms with E-state index < -0.39 is 0 Å². The number of nitrogens with zero attached hydrogens (tertiary/aromatic N) is 1. The van der Waals surface area contributed by atoms with Gasteiger partial charge in [0, 0.05) is 11.8 Å². The van der Waals surface area contributed by atoms with Crippen molar-refractivity contribution in [1.82, 2.24) is 4.98 Å². The Labute approximate surface area is 116 Å². The number of aromatic nitrogens is 1. The molecule has 0 bridgehead atoms. The Balaban J connectivity index is 2.25. The van der Waals surface area contributed by atoms with Crippen molar-refractivity contribution in [2.24, 2.45) is 0 Å². The van der Waals surface area contributed by atoms with Crippen LogP contribution in [0.4, 0.5) is 17.2 Å². The molecule has 0 spiro atoms. The van der Waals surface area contributed by atoms with Gasteiger partial charge in [-0.05, 0) is 24.3 Å². The summed E-state index contributed by atoms with van der Waals surface area (Å²) in [7, 11) is 3.09. The lowest BCUT2D eigenvalue weighted by Crippen LogP contribution is -1.99. The Morgan fingerprint density at radius 3 is 2.63 bits per heavy atom. The molecule has 100 valence electrons. The van der Waals surface area contributed by atoms with E-state index in [1.165, 1.54) is 7.11 Å². The Morgan fingerprint density at radius 1 is 1.16 bits per heavy atom. The maximum atomic E-state index is 5.96. The predicted molar refractivity (Wildman–Crippen MR) is 76.5 cm³/mol. The van der Waals surface area contributed by atoms with Gasteiger partial charge in [0.15, 0.2) is 0 Å². The Bertz CT molecular complexity index is 539. The van der Waals surface area contributed by atoms with Crippen molar-refractivity contribution in [3.63, 3.8) is 0 Å². The number of halogens is 1. The third kappa shape index (κ3) is 3.00. The highest BCUT2D eigenvalue weighted by molar-refractivity contribution is 6.32. The normalized spacial score (nSPS) is 10.1. The molecule has 0 saturated heterocycles. The quantitative estimate of drug-likeness (QED) is 0.900. The highest BCUT2D eigenvalue weighted by Crippen LogP contribution is 2.29. The smallest absolute Gasteiger partial charge is 0.238 e. The first kappa shape index (κ1) is 13.3. The van der Waals surface area contributed by atoms with Crippen LogP contribution in [0.5, 0.6) is 11.6 Å². The lowest BCUT2D eigenvalue weighted by atomic mass is 10.3. The van der Waals surface area contributed by atoms with Crippen LogP contribution in [0.2, 0.25) is 5.02 Å². The summed E-state index contributed by atoms with van der Waals surface area (Å²) in [6, 6.07) is 8.85. The van der Waals surface area contributed by atoms with Crippen LogP contribution in [0.25, 0.3) is 0 Å². The van der Waals surface area contributed by atoms with Crippen molar-refractivity contribution in [3.05, 3.63) is 35.4 Å². The maximum Gasteiger partial charge on any atom is 0.238 e. The van der Waals surface area contributed by atoms with Crippen molar-refractivity contribution in [1.29, 1.82) is 0 Å². The summed E-state index contributed by atoms with van der Waals surface area (Å²) < 4.78 is 10.2. The van der Waals surface area contributed by atoms with Crippen molar-refractivity contribution in [2.75, 3.05) is 25.3 Å². The second kappa shape index (κ2) is 5.67. The monoisotopic (exact) mass is 279 g/mol. The van der Waals surface area contributed by atoms with E-state index in [4.69, 9.17) is 26.8 Å². The fourth-order valence-electron chi connectivity index (χ4n) is 1.57. The predicted octanol–water partition coefficient (Wildman–Crippen LogP) is 3.08. The van der Waals surface area contributed by atoms with Gasteiger partial charge in [0.1, 0.15) is 11.6 Å². The minimum absolute atomic E-state index is 0.380. The van der Waals surface area contributed by atoms with Gasteiger partial charge in [-0.1, -0.05) is 11.6 Å². The number of hydrogen-bond acceptors (Lipinski definition) is 5. The molecule has 19 heavy (non-hydrogen) atoms. The van der Waals surface area contributed by atoms with Crippen molar-refractivity contribution < 1.29 is 9.47 Å². The standard InChI is InChI=1S/C13H14ClN3O2/c1-18-11-7-8(3-4-9(11)14)16-12-6-5-10(15)13(17-12)19-2/h3-7H,15H2,1-2H3,(H,16,17). The van der Waals surface area contributed by atoms with Gasteiger partial charge in [-0.25, -0.2) is 0 Å². The molecule has 2 aromatic rings. The highest BCUT2D eigenvalue weighted by atomic mass is 35.5. The fraction of sp³-hybridized carbons (Fsp3) is 0.154. The molecule has 6 heteroatoms. The van der Waals surface area contributed by atoms with Crippen LogP contribution >= 0.6 is 11.6 Å². The SMILES string of the molecule is COc1cc(Nc2ccc(N)c(OC)n2)ccc1Cl. The van der Waals surface area contributed by atoms with Gasteiger partial charge in [0.05, 0.1) is 24.9 Å². The lowest BCUT2D eigenvalue weighted by Gasteiger charge is -2.10. The van der Waals surface area contributed by atoms with Crippen molar-refractivity contribution >= 4 is 28.8 Å². The first-order valence-electron chi connectivity index (χ1n) is 5.55. The molecule has 1 aromatic carbocycles. The number of anilines is 3. The van der Waals surface area contributed by atoms with E-state index in [0.717, 1.165) is 5.69 Å². The molecule has 0 atom stereocenters. The summed E-state index contributed by atoms with van der Waals surface area (Å²) in [6.45, 7) is 0. The Morgan fingerprint density at radius 2 is 1.95 bits per heavy atom. The molecule has 0 aliphatic rings. The van der Waals surface area contributed by atoms with E-state index in [2.05, 4.69) is 10.3 Å². The number of hydrogen-bond donors (Lipinski definition) is 2. The number of ether oxygens (including phenoxy) is 2. The molecular formula is C13H14ClN3O2. The summed E-state index contributed by atoms with van der Waals surface area (Å²) in [5.74, 6) is 1.59. The van der Waals surface area contributed by atoms with Gasteiger partial charge in [-0.15, -0.1) is 0 Å². The molecule has 1 heterocycles. The van der Waals surface area contributed by atoms with E-state index in [1.807, 2.05) is 6.07 Å². The molecule has 0 aliphatic carbocycles. The summed E-state index contributed by atoms with van der Waals surface area (Å²) in [6.07, 6.45) is 0. The van der Waals surface area contributed by atoms with E-state index in [0.29, 0.717) is 28.2 Å². The zero-order chi connectivity index (χ0) is 13.8. The van der Waals surface area contributed by atoms with Gasteiger partial charge in [-0.3, -0.25) is 0 Å². The largest absolute Gasteiger partial charge is 0.495 e. The molecule has 0 aliphatic heterocycles. The number of nitrogens with one attached hydrogen (secondary N) is 1. The summed E-state index contributed by atoms with van der Waals surface area (Å²) in [5.41, 5.74) is 7.00. The molecule has 0 radical (unpaired) electrons. The van der Waals surface area contributed by atoms with Crippen LogP contribution in [-0.2, 0) is 0 Å². The molecule has 3 N–H and O–H groups in total. The van der Waals surface area contributed by atoms with Gasteiger partial charge in [-0.2, -0.15) is 4.98 Å². The number of nitrogen functional groups attached to an aromatic ring is 1. The first-order chi connectivity index (χ1) is 9.13. The Hall–Kier alpha value is -2.14. The van der Waals surface area contributed by atoms with Crippen LogP contribution in [0.1, 0.15) is 0 Å². The van der Waals surface area contributed by atoms with Crippen LogP contribution in [0.3, 0.4) is 0 Å². The fourth-order valence-corrected chi connectivity index (χ4v) is 1.76. The van der Waals surface area contributed by atoms with Crippen molar-refractivity contribution in [3.8, 4) is 11.6 Å². The Kier molecular flexibility index (Phi) is 3.97. The second-order valence-corrected chi connectivity index (χ2v) is 4.18. The third-order valence-electron chi connectivity index (χ3n) is 2.51. The van der Waals surface area contributed by atoms with Crippen LogP contribution in [-0.4, -0.2) is 19.2 Å². The molecule has 0 unspecified atom stereocenters. The van der Waals surface area contributed by atoms with Gasteiger partial charge in [0.25, 0.3) is 0 Å². The van der Waals surface area contributed by atoms with Crippen LogP contribution < -0.4 is 20.5 Å². The van der Waals surface area contributed by atoms with Gasteiger partial charge >= 0.3 is 0 Å². The van der Waals surface area contributed by atoms with E-state index in [1.54, 1.807) is 31.4 Å². The highest BCUT2D eigenvalue weighted by Gasteiger charge is 2.05. The summed E-state index contributed by atoms with van der Waals surface area (Å²) in [5, 5.41) is 3.67. The third-order valence-corrected chi connectivity index (χ3v) is 2.82. The molecule has 0 amide bonds. The minimum Gasteiger partial charge on any atom is -0.495 e. The number of rotatable bonds is 4. The number of pyridine rings is 1. The van der Waals surface area contributed by atoms with Gasteiger partial charge in [0.2, 0.25) is 5.88 Å². The van der Waals surface area contributed by atoms with Crippen LogP contribution in [0, 0.1) is 0 Å². The van der Waals surface area contributed by atoms with Crippen LogP contribution in [0.15, 0.2) is 30.3 Å². The van der Waals surface area contributed by atoms with E-state index in [-0.39, 0.29) is 0 Å². The molecule has 0 saturated carbocycles. The summed E-state index contributed by atoms with van der Waals surface area (Å²) in [4.78, 5) is 4.23. The average molecular weight is 280 g/mol. The second-order valence-electron chi connectivity index (χ2n) is 3.77. The topological polar surface area (TPSA) is 69.4 Å². The van der Waals surface area contributed by atoms with E-state index >= 15 is 0 Å². The van der Waals surface area contributed by atoms with Crippen molar-refractivity contribution in [2.45, 2.75) is 0 Å². The number of nitrogens with two attached hydrogens (primary N) is 1. The molecule has 2 rings (SSSR count). The minimum atomic E-state index is 0.380. The molecule has 0 fully saturated rings. The zero-order valence-corrected chi connectivity index (χ0v) is 11.4. The first-order valence-corrected chi connectivity index (χ1v) is 5.93. The maximum absolute atomic E-state index is 5.96. The van der Waals surface area contributed by atoms with Gasteiger partial charge < -0.3 is 20.5 Å². The molecule has 1 aromatic heterocycles.